The quantitative estimate of drug-likeness (QED) is 0.115. The number of fused-ring (bicyclic) bond motifs is 18. The van der Waals surface area contributed by atoms with Crippen molar-refractivity contribution in [3.05, 3.63) is 404 Å². The second-order valence-corrected chi connectivity index (χ2v) is 32.5. The first-order chi connectivity index (χ1) is 56.2. The number of benzene rings is 17. The van der Waals surface area contributed by atoms with Gasteiger partial charge in [-0.3, -0.25) is 0 Å². The molecule has 4 heterocycles. The highest BCUT2D eigenvalue weighted by atomic mass is 32.1. The van der Waals surface area contributed by atoms with Crippen LogP contribution in [0.5, 0.6) is 0 Å². The van der Waals surface area contributed by atoms with Gasteiger partial charge < -0.3 is 23.2 Å². The maximum absolute atomic E-state index is 7.25. The molecule has 1 atom stereocenters. The van der Waals surface area contributed by atoms with Crippen molar-refractivity contribution >= 4 is 131 Å². The van der Waals surface area contributed by atoms with Gasteiger partial charge in [-0.1, -0.05) is 300 Å². The maximum Gasteiger partial charge on any atom is 0.136 e. The van der Waals surface area contributed by atoms with Crippen LogP contribution in [0.4, 0.5) is 34.1 Å². The minimum atomic E-state index is -0.413. The third-order valence-corrected chi connectivity index (χ3v) is 26.1. The van der Waals surface area contributed by atoms with Crippen LogP contribution in [0.2, 0.25) is 0 Å². The molecule has 21 aromatic rings. The topological polar surface area (TPSA) is 37.7 Å². The molecule has 538 valence electrons. The van der Waals surface area contributed by atoms with E-state index in [1.54, 1.807) is 0 Å². The van der Waals surface area contributed by atoms with Crippen molar-refractivity contribution in [2.24, 2.45) is 0 Å². The fourth-order valence-electron chi connectivity index (χ4n) is 19.8. The van der Waals surface area contributed by atoms with Crippen LogP contribution in [0.25, 0.3) is 158 Å². The predicted octanol–water partition coefficient (Wildman–Crippen LogP) is 30.4. The smallest absolute Gasteiger partial charge is 0.136 e. The van der Waals surface area contributed by atoms with Crippen molar-refractivity contribution in [3.63, 3.8) is 0 Å². The largest absolute Gasteiger partial charge is 0.456 e. The van der Waals surface area contributed by atoms with Crippen molar-refractivity contribution in [2.75, 3.05) is 9.80 Å². The van der Waals surface area contributed by atoms with Crippen molar-refractivity contribution in [1.82, 2.24) is 4.57 Å². The lowest BCUT2D eigenvalue weighted by Gasteiger charge is -2.31. The van der Waals surface area contributed by atoms with Crippen molar-refractivity contribution < 1.29 is 8.83 Å². The summed E-state index contributed by atoms with van der Waals surface area (Å²) in [6.45, 7) is 7.20. The average Bonchev–Trinajstić information content (AvgIpc) is 1.40. The van der Waals surface area contributed by atoms with E-state index >= 15 is 0 Å². The van der Waals surface area contributed by atoms with Crippen LogP contribution >= 0.6 is 11.3 Å². The van der Waals surface area contributed by atoms with Crippen LogP contribution in [0.15, 0.2) is 385 Å². The molecular weight excluding hydrogens is 1400 g/mol. The molecule has 0 spiro atoms. The van der Waals surface area contributed by atoms with E-state index in [1.165, 1.54) is 92.1 Å². The van der Waals surface area contributed by atoms with Crippen LogP contribution in [0.3, 0.4) is 0 Å². The number of hydrogen-bond acceptors (Lipinski definition) is 5. The fourth-order valence-corrected chi connectivity index (χ4v) is 21.0. The highest BCUT2D eigenvalue weighted by molar-refractivity contribution is 7.26. The molecular formula is C108H73N3O2S. The number of furan rings is 2. The molecule has 0 saturated carbocycles. The molecule has 0 amide bonds. The molecule has 2 aliphatic carbocycles. The van der Waals surface area contributed by atoms with E-state index in [1.807, 2.05) is 17.4 Å². The Hall–Kier alpha value is -14.0. The van der Waals surface area contributed by atoms with Crippen molar-refractivity contribution in [2.45, 2.75) is 38.0 Å². The van der Waals surface area contributed by atoms with E-state index in [4.69, 9.17) is 8.83 Å². The number of hydrogen-bond donors (Lipinski definition) is 0. The molecule has 5 nitrogen and oxygen atoms in total. The molecule has 2 aliphatic rings. The summed E-state index contributed by atoms with van der Waals surface area (Å²) >= 11 is 1.86. The predicted molar refractivity (Wildman–Crippen MR) is 479 cm³/mol. The Morgan fingerprint density at radius 3 is 1.39 bits per heavy atom. The molecule has 4 aromatic heterocycles. The van der Waals surface area contributed by atoms with Gasteiger partial charge in [0.05, 0.1) is 49.9 Å². The molecule has 0 radical (unpaired) electrons. The van der Waals surface area contributed by atoms with Crippen LogP contribution in [-0.4, -0.2) is 4.57 Å². The summed E-state index contributed by atoms with van der Waals surface area (Å²) in [7, 11) is 0. The molecule has 17 aromatic carbocycles. The van der Waals surface area contributed by atoms with Gasteiger partial charge in [-0.15, -0.1) is 11.3 Å². The van der Waals surface area contributed by atoms with Crippen molar-refractivity contribution in [1.29, 1.82) is 0 Å². The van der Waals surface area contributed by atoms with Crippen LogP contribution in [0, 0.1) is 0 Å². The molecule has 0 aliphatic heterocycles. The Morgan fingerprint density at radius 1 is 0.289 bits per heavy atom. The van der Waals surface area contributed by atoms with Crippen LogP contribution < -0.4 is 9.80 Å². The minimum absolute atomic E-state index is 0.178. The van der Waals surface area contributed by atoms with Gasteiger partial charge in [0.15, 0.2) is 0 Å². The molecule has 1 unspecified atom stereocenters. The van der Waals surface area contributed by atoms with E-state index in [0.717, 1.165) is 135 Å². The number of aromatic nitrogens is 1. The lowest BCUT2D eigenvalue weighted by Crippen LogP contribution is -2.24. The molecule has 0 bridgehead atoms. The molecule has 23 rings (SSSR count). The third-order valence-electron chi connectivity index (χ3n) is 24.9. The van der Waals surface area contributed by atoms with E-state index in [-0.39, 0.29) is 5.41 Å². The molecule has 114 heavy (non-hydrogen) atoms. The molecule has 0 fully saturated rings. The zero-order chi connectivity index (χ0) is 75.5. The van der Waals surface area contributed by atoms with Gasteiger partial charge in [-0.05, 0) is 176 Å². The Labute approximate surface area is 664 Å². The maximum atomic E-state index is 7.25. The number of thiophene rings is 1. The van der Waals surface area contributed by atoms with Gasteiger partial charge in [-0.25, -0.2) is 0 Å². The molecule has 0 saturated heterocycles. The lowest BCUT2D eigenvalue weighted by atomic mass is 9.75. The Balaban J connectivity index is 0.647. The van der Waals surface area contributed by atoms with Crippen LogP contribution in [0.1, 0.15) is 48.6 Å². The summed E-state index contributed by atoms with van der Waals surface area (Å²) in [5.41, 5.74) is 33.3. The zero-order valence-electron chi connectivity index (χ0n) is 63.1. The second kappa shape index (κ2) is 25.5. The average molecular weight is 1480 g/mol. The minimum Gasteiger partial charge on any atom is -0.456 e. The van der Waals surface area contributed by atoms with Gasteiger partial charge in [-0.2, -0.15) is 0 Å². The highest BCUT2D eigenvalue weighted by Gasteiger charge is 2.42. The van der Waals surface area contributed by atoms with Gasteiger partial charge >= 0.3 is 0 Å². The monoisotopic (exact) mass is 1480 g/mol. The van der Waals surface area contributed by atoms with Crippen LogP contribution in [-0.2, 0) is 17.3 Å². The zero-order valence-corrected chi connectivity index (χ0v) is 63.9. The number of anilines is 6. The lowest BCUT2D eigenvalue weighted by molar-refractivity contribution is 0.582. The van der Waals surface area contributed by atoms with Gasteiger partial charge in [0.1, 0.15) is 22.3 Å². The third kappa shape index (κ3) is 9.90. The fraction of sp³-hybridized carbons (Fsp3) is 0.0556. The Morgan fingerprint density at radius 2 is 0.719 bits per heavy atom. The van der Waals surface area contributed by atoms with Gasteiger partial charge in [0.2, 0.25) is 0 Å². The molecule has 0 N–H and O–H groups in total. The first-order valence-electron chi connectivity index (χ1n) is 39.5. The summed E-state index contributed by atoms with van der Waals surface area (Å²) in [5, 5.41) is 9.28. The summed E-state index contributed by atoms with van der Waals surface area (Å²) in [6, 6.07) is 139. The number of nitrogens with zero attached hydrogens (tertiary/aromatic N) is 3. The summed E-state index contributed by atoms with van der Waals surface area (Å²) in [5.74, 6) is 0. The van der Waals surface area contributed by atoms with E-state index in [0.29, 0.717) is 0 Å². The standard InChI is InChI=1S/C108H73N3O2S/c1-107(2)87-44-16-7-38-85(87)103-81(40-25-46-89(103)107)73-33-11-21-51-94(73)110(96-53-27-42-83-75-35-13-20-50-93(75)109(105(83)96)70-29-5-4-6-30-70)91-48-18-9-31-71(91)69-59-62-79-77-60-57-67(63-99(77)113-101(79)65-69)66-108(3)88-45-17-8-39-86(88)104-82(41-26-47-90(104)108)74-34-12-22-52-95(74)111(97-54-28-43-84-80-37-15-24-56-102(80)114-106(84)97)92-49-19-10-32-72(92)68-58-61-78-76-36-14-23-55-98(76)112-100(78)64-68/h4-65H,66H2,1-3H3. The Bertz CT molecular complexity index is 7550. The summed E-state index contributed by atoms with van der Waals surface area (Å²) in [6.07, 6.45) is 0.750. The molecule has 6 heteroatoms. The Kier molecular flexibility index (Phi) is 14.7. The second-order valence-electron chi connectivity index (χ2n) is 31.5. The summed E-state index contributed by atoms with van der Waals surface area (Å²) in [4.78, 5) is 5.08. The normalized spacial score (nSPS) is 14.1. The number of rotatable bonds is 13. The first kappa shape index (κ1) is 65.8. The van der Waals surface area contributed by atoms with Gasteiger partial charge in [0, 0.05) is 86.6 Å². The highest BCUT2D eigenvalue weighted by Crippen LogP contribution is 2.59. The first-order valence-corrected chi connectivity index (χ1v) is 40.3. The van der Waals surface area contributed by atoms with E-state index < -0.39 is 5.41 Å². The van der Waals surface area contributed by atoms with E-state index in [2.05, 4.69) is 405 Å². The SMILES string of the molecule is CC1(C)c2ccccc2-c2c(-c3ccccc3N(c3ccccc3-c3ccc4c(c3)oc3cc(CC5(C)c6ccccc6-c6c(-c7ccccc7N(c7ccccc7-c7ccc8c(c7)oc7ccccc78)c7cccc8c7sc7ccccc78)cccc65)ccc34)c3cccc4c5ccccc5n(-c5ccccc5)c34)cccc21. The van der Waals surface area contributed by atoms with E-state index in [9.17, 15) is 0 Å². The van der Waals surface area contributed by atoms with Crippen molar-refractivity contribution in [3.8, 4) is 72.4 Å². The summed E-state index contributed by atoms with van der Waals surface area (Å²) < 4.78 is 18.8. The van der Waals surface area contributed by atoms with Gasteiger partial charge in [0.25, 0.3) is 0 Å². The number of para-hydroxylation sites is 8.